The molecule has 0 radical (unpaired) electrons. The van der Waals surface area contributed by atoms with Crippen LogP contribution in [0.15, 0.2) is 0 Å². The van der Waals surface area contributed by atoms with E-state index in [-0.39, 0.29) is 0 Å². The normalized spacial score (nSPS) is 12.4. The molecule has 100 valence electrons. The Balaban J connectivity index is 3.28. The average molecular weight is 269 g/mol. The molecule has 0 heterocycles. The third-order valence-corrected chi connectivity index (χ3v) is 2.23. The number of esters is 1. The van der Waals surface area contributed by atoms with Gasteiger partial charge >= 0.3 is 5.97 Å². The Labute approximate surface area is 98.3 Å². The van der Waals surface area contributed by atoms with Crippen molar-refractivity contribution in [3.63, 3.8) is 0 Å². The third kappa shape index (κ3) is 2.42. The number of ether oxygens (including phenoxy) is 1. The summed E-state index contributed by atoms with van der Waals surface area (Å²) in [6.07, 6.45) is -0.713. The maximum atomic E-state index is 13.3. The van der Waals surface area contributed by atoms with Crippen LogP contribution in [0.2, 0.25) is 0 Å². The number of rotatable bonds is 3. The van der Waals surface area contributed by atoms with Gasteiger partial charge in [0.2, 0.25) is 5.82 Å². The van der Waals surface area contributed by atoms with Gasteiger partial charge in [-0.05, 0) is 0 Å². The minimum atomic E-state index is -2.28. The predicted molar refractivity (Wildman–Crippen MR) is 49.8 cm³/mol. The molecule has 0 saturated carbocycles. The summed E-state index contributed by atoms with van der Waals surface area (Å²) < 4.78 is 69.1. The van der Waals surface area contributed by atoms with E-state index in [4.69, 9.17) is 5.73 Å². The Kier molecular flexibility index (Phi) is 4.23. The lowest BCUT2D eigenvalue weighted by atomic mass is 10.0. The van der Waals surface area contributed by atoms with Crippen molar-refractivity contribution in [3.05, 3.63) is 34.6 Å². The molecule has 0 fully saturated rings. The summed E-state index contributed by atoms with van der Waals surface area (Å²) in [6, 6.07) is -1.69. The Morgan fingerprint density at radius 2 is 1.44 bits per heavy atom. The minimum Gasteiger partial charge on any atom is -0.469 e. The topological polar surface area (TPSA) is 52.3 Å². The second kappa shape index (κ2) is 5.30. The molecule has 0 aliphatic rings. The van der Waals surface area contributed by atoms with Crippen LogP contribution in [-0.2, 0) is 9.53 Å². The van der Waals surface area contributed by atoms with Crippen LogP contribution in [-0.4, -0.2) is 13.1 Å². The van der Waals surface area contributed by atoms with E-state index in [0.29, 0.717) is 0 Å². The van der Waals surface area contributed by atoms with Crippen LogP contribution in [0.4, 0.5) is 22.0 Å². The van der Waals surface area contributed by atoms with E-state index in [0.717, 1.165) is 7.11 Å². The molecular formula is C10H8F5NO2. The first-order valence-corrected chi connectivity index (χ1v) is 4.65. The van der Waals surface area contributed by atoms with Gasteiger partial charge in [-0.15, -0.1) is 0 Å². The van der Waals surface area contributed by atoms with Gasteiger partial charge in [-0.1, -0.05) is 0 Å². The molecule has 0 saturated heterocycles. The Bertz CT molecular complexity index is 463. The Hall–Kier alpha value is -1.70. The molecule has 0 unspecified atom stereocenters. The van der Waals surface area contributed by atoms with Gasteiger partial charge in [0.25, 0.3) is 0 Å². The zero-order chi connectivity index (χ0) is 14.0. The van der Waals surface area contributed by atoms with E-state index in [2.05, 4.69) is 4.74 Å². The molecule has 3 nitrogen and oxygen atoms in total. The SMILES string of the molecule is COC(=O)C[C@H](N)c1c(F)c(F)c(F)c(F)c1F. The minimum absolute atomic E-state index is 0.713. The molecule has 0 spiro atoms. The zero-order valence-electron chi connectivity index (χ0n) is 9.07. The summed E-state index contributed by atoms with van der Waals surface area (Å²) in [6.45, 7) is 0. The predicted octanol–water partition coefficient (Wildman–Crippen LogP) is 1.94. The number of carbonyl (C=O) groups is 1. The van der Waals surface area contributed by atoms with Gasteiger partial charge in [-0.25, -0.2) is 22.0 Å². The van der Waals surface area contributed by atoms with E-state index in [1.54, 1.807) is 0 Å². The molecule has 18 heavy (non-hydrogen) atoms. The van der Waals surface area contributed by atoms with E-state index in [1.165, 1.54) is 0 Å². The van der Waals surface area contributed by atoms with Crippen molar-refractivity contribution < 1.29 is 31.5 Å². The lowest BCUT2D eigenvalue weighted by Gasteiger charge is -2.14. The first kappa shape index (κ1) is 14.4. The molecule has 0 aliphatic heterocycles. The summed E-state index contributed by atoms with van der Waals surface area (Å²) >= 11 is 0. The van der Waals surface area contributed by atoms with Gasteiger partial charge in [0, 0.05) is 11.6 Å². The summed E-state index contributed by atoms with van der Waals surface area (Å²) in [4.78, 5) is 10.8. The maximum absolute atomic E-state index is 13.3. The molecule has 0 aliphatic carbocycles. The van der Waals surface area contributed by atoms with E-state index in [9.17, 15) is 26.7 Å². The van der Waals surface area contributed by atoms with Crippen LogP contribution < -0.4 is 5.73 Å². The van der Waals surface area contributed by atoms with Crippen molar-refractivity contribution in [2.75, 3.05) is 7.11 Å². The van der Waals surface area contributed by atoms with Crippen molar-refractivity contribution in [1.82, 2.24) is 0 Å². The Morgan fingerprint density at radius 1 is 1.06 bits per heavy atom. The highest BCUT2D eigenvalue weighted by molar-refractivity contribution is 5.70. The molecule has 0 aromatic heterocycles. The number of nitrogens with two attached hydrogens (primary N) is 1. The number of methoxy groups -OCH3 is 1. The van der Waals surface area contributed by atoms with E-state index >= 15 is 0 Å². The average Bonchev–Trinajstić information content (AvgIpc) is 2.34. The Morgan fingerprint density at radius 3 is 1.83 bits per heavy atom. The van der Waals surface area contributed by atoms with Gasteiger partial charge in [-0.3, -0.25) is 4.79 Å². The molecule has 1 aromatic rings. The van der Waals surface area contributed by atoms with Crippen molar-refractivity contribution in [3.8, 4) is 0 Å². The molecule has 1 atom stereocenters. The van der Waals surface area contributed by atoms with Gasteiger partial charge in [0.15, 0.2) is 23.3 Å². The van der Waals surface area contributed by atoms with Gasteiger partial charge in [0.1, 0.15) is 0 Å². The zero-order valence-corrected chi connectivity index (χ0v) is 9.07. The second-order valence-electron chi connectivity index (χ2n) is 3.37. The molecule has 1 aromatic carbocycles. The fourth-order valence-electron chi connectivity index (χ4n) is 1.31. The largest absolute Gasteiger partial charge is 0.469 e. The van der Waals surface area contributed by atoms with Gasteiger partial charge in [-0.2, -0.15) is 0 Å². The molecule has 0 bridgehead atoms. The lowest BCUT2D eigenvalue weighted by molar-refractivity contribution is -0.141. The van der Waals surface area contributed by atoms with Gasteiger partial charge in [0.05, 0.1) is 13.5 Å². The summed E-state index contributed by atoms with van der Waals surface area (Å²) in [5.74, 6) is -11.5. The fraction of sp³-hybridized carbons (Fsp3) is 0.300. The number of halogens is 5. The van der Waals surface area contributed by atoms with Crippen LogP contribution in [0.1, 0.15) is 18.0 Å². The van der Waals surface area contributed by atoms with Crippen LogP contribution in [0.25, 0.3) is 0 Å². The smallest absolute Gasteiger partial charge is 0.307 e. The number of benzene rings is 1. The monoisotopic (exact) mass is 269 g/mol. The van der Waals surface area contributed by atoms with Crippen molar-refractivity contribution >= 4 is 5.97 Å². The third-order valence-electron chi connectivity index (χ3n) is 2.23. The van der Waals surface area contributed by atoms with Crippen LogP contribution >= 0.6 is 0 Å². The van der Waals surface area contributed by atoms with Crippen molar-refractivity contribution in [2.24, 2.45) is 5.73 Å². The summed E-state index contributed by atoms with van der Waals surface area (Å²) in [7, 11) is 0.994. The van der Waals surface area contributed by atoms with Crippen molar-refractivity contribution in [2.45, 2.75) is 12.5 Å². The quantitative estimate of drug-likeness (QED) is 0.395. The second-order valence-corrected chi connectivity index (χ2v) is 3.37. The molecular weight excluding hydrogens is 261 g/mol. The highest BCUT2D eigenvalue weighted by atomic mass is 19.2. The standard InChI is InChI=1S/C10H8F5NO2/c1-18-4(17)2-3(16)5-6(11)8(13)10(15)9(14)7(5)12/h3H,2,16H2,1H3/t3-/m0/s1. The molecule has 0 amide bonds. The molecule has 1 rings (SSSR count). The molecule has 8 heteroatoms. The fourth-order valence-corrected chi connectivity index (χ4v) is 1.31. The van der Waals surface area contributed by atoms with E-state index in [1.807, 2.05) is 0 Å². The van der Waals surface area contributed by atoms with Crippen LogP contribution in [0, 0.1) is 29.1 Å². The highest BCUT2D eigenvalue weighted by Crippen LogP contribution is 2.28. The maximum Gasteiger partial charge on any atom is 0.307 e. The first-order chi connectivity index (χ1) is 8.31. The lowest BCUT2D eigenvalue weighted by Crippen LogP contribution is -2.21. The molecule has 2 N–H and O–H groups in total. The number of hydrogen-bond acceptors (Lipinski definition) is 3. The first-order valence-electron chi connectivity index (χ1n) is 4.65. The number of carbonyl (C=O) groups excluding carboxylic acids is 1. The highest BCUT2D eigenvalue weighted by Gasteiger charge is 2.29. The van der Waals surface area contributed by atoms with Crippen LogP contribution in [0.5, 0.6) is 0 Å². The van der Waals surface area contributed by atoms with Gasteiger partial charge < -0.3 is 10.5 Å². The summed E-state index contributed by atoms with van der Waals surface area (Å²) in [5, 5.41) is 0. The van der Waals surface area contributed by atoms with E-state index < -0.39 is 53.1 Å². The number of hydrogen-bond donors (Lipinski definition) is 1. The summed E-state index contributed by atoms with van der Waals surface area (Å²) in [5.41, 5.74) is 3.99. The van der Waals surface area contributed by atoms with Crippen molar-refractivity contribution in [1.29, 1.82) is 0 Å². The van der Waals surface area contributed by atoms with Crippen LogP contribution in [0.3, 0.4) is 0 Å².